The van der Waals surface area contributed by atoms with Crippen LogP contribution in [0.1, 0.15) is 30.5 Å². The minimum absolute atomic E-state index is 0.0581. The number of hydrazone groups is 2. The molecule has 0 N–H and O–H groups in total. The zero-order valence-corrected chi connectivity index (χ0v) is 18.4. The maximum Gasteiger partial charge on any atom is 0.234 e. The Hall–Kier alpha value is -3.38. The molecule has 0 fully saturated rings. The number of thioether (sulfide) groups is 1. The lowest BCUT2D eigenvalue weighted by molar-refractivity contribution is -0.110. The number of aryl methyl sites for hydroxylation is 1. The molecule has 31 heavy (non-hydrogen) atoms. The number of anilines is 2. The molecular weight excluding hydrogens is 404 g/mol. The van der Waals surface area contributed by atoms with Crippen LogP contribution in [0.3, 0.4) is 0 Å². The van der Waals surface area contributed by atoms with Crippen LogP contribution in [-0.4, -0.2) is 16.5 Å². The van der Waals surface area contributed by atoms with E-state index in [1.165, 1.54) is 11.8 Å². The number of carbonyl (C=O) groups excluding carboxylic acids is 1. The fourth-order valence-electron chi connectivity index (χ4n) is 4.09. The van der Waals surface area contributed by atoms with Gasteiger partial charge in [-0.25, -0.2) is 10.0 Å². The van der Waals surface area contributed by atoms with Crippen LogP contribution in [0.5, 0.6) is 0 Å². The highest BCUT2D eigenvalue weighted by atomic mass is 32.2. The molecule has 0 bridgehead atoms. The minimum Gasteiger partial charge on any atom is -0.292 e. The molecule has 0 radical (unpaired) electrons. The maximum atomic E-state index is 12.5. The van der Waals surface area contributed by atoms with Gasteiger partial charge < -0.3 is 0 Å². The molecule has 3 aromatic rings. The predicted octanol–water partition coefficient (Wildman–Crippen LogP) is 5.51. The quantitative estimate of drug-likeness (QED) is 0.554. The number of benzene rings is 3. The lowest BCUT2D eigenvalue weighted by Crippen LogP contribution is -2.53. The van der Waals surface area contributed by atoms with Crippen molar-refractivity contribution in [3.05, 3.63) is 95.6 Å². The Labute approximate surface area is 186 Å². The number of carbonyl (C=O) groups is 1. The van der Waals surface area contributed by atoms with Gasteiger partial charge in [0.15, 0.2) is 10.8 Å². The standard InChI is InChI=1S/C25H22N4OS/c1-17-11-7-10-16-23(17)29-25(31-24(27-29)19(3)30)22-15-9-8-14-21(22)18(2)26-28(25)20-12-5-4-6-13-20/h4-16H,1-3H3/t25-/m1/s1. The summed E-state index contributed by atoms with van der Waals surface area (Å²) < 4.78 is 0. The van der Waals surface area contributed by atoms with E-state index in [0.29, 0.717) is 5.04 Å². The van der Waals surface area contributed by atoms with E-state index >= 15 is 0 Å². The molecule has 5 rings (SSSR count). The number of rotatable bonds is 3. The van der Waals surface area contributed by atoms with Crippen molar-refractivity contribution < 1.29 is 4.79 Å². The molecule has 1 atom stereocenters. The molecule has 0 saturated heterocycles. The number of Topliss-reactive ketones (excluding diaryl/α,β-unsaturated/α-hetero) is 1. The van der Waals surface area contributed by atoms with Crippen molar-refractivity contribution in [2.75, 3.05) is 10.0 Å². The average molecular weight is 427 g/mol. The molecule has 0 aromatic heterocycles. The summed E-state index contributed by atoms with van der Waals surface area (Å²) in [5, 5.41) is 14.3. The van der Waals surface area contributed by atoms with Crippen molar-refractivity contribution in [1.82, 2.24) is 0 Å². The van der Waals surface area contributed by atoms with Crippen molar-refractivity contribution >= 4 is 39.7 Å². The first-order valence-corrected chi connectivity index (χ1v) is 11.0. The summed E-state index contributed by atoms with van der Waals surface area (Å²) >= 11 is 1.45. The van der Waals surface area contributed by atoms with Gasteiger partial charge in [0.25, 0.3) is 0 Å². The molecule has 0 amide bonds. The Morgan fingerprint density at radius 3 is 2.26 bits per heavy atom. The molecule has 5 nitrogen and oxygen atoms in total. The van der Waals surface area contributed by atoms with Crippen molar-refractivity contribution in [3.8, 4) is 0 Å². The largest absolute Gasteiger partial charge is 0.292 e. The number of para-hydroxylation sites is 2. The Morgan fingerprint density at radius 1 is 0.839 bits per heavy atom. The molecule has 0 saturated carbocycles. The molecule has 2 heterocycles. The summed E-state index contributed by atoms with van der Waals surface area (Å²) in [6.07, 6.45) is 0. The number of nitrogens with zero attached hydrogens (tertiary/aromatic N) is 4. The highest BCUT2D eigenvalue weighted by Crippen LogP contribution is 2.54. The van der Waals surface area contributed by atoms with Crippen molar-refractivity contribution in [2.45, 2.75) is 25.8 Å². The third kappa shape index (κ3) is 2.98. The number of fused-ring (bicyclic) bond motifs is 2. The van der Waals surface area contributed by atoms with Gasteiger partial charge in [-0.1, -0.05) is 60.7 Å². The SMILES string of the molecule is CC(=O)C1=NN(c2ccccc2C)[C@@]2(S1)c1ccccc1C(C)=NN2c1ccccc1. The van der Waals surface area contributed by atoms with Crippen LogP contribution in [-0.2, 0) is 9.79 Å². The molecular formula is C25H22N4OS. The summed E-state index contributed by atoms with van der Waals surface area (Å²) in [4.78, 5) is 11.7. The number of hydrogen-bond acceptors (Lipinski definition) is 6. The molecule has 2 aliphatic rings. The van der Waals surface area contributed by atoms with E-state index in [2.05, 4.69) is 25.1 Å². The maximum absolute atomic E-state index is 12.5. The van der Waals surface area contributed by atoms with Crippen LogP contribution in [0.15, 0.2) is 89.1 Å². The van der Waals surface area contributed by atoms with Gasteiger partial charge in [-0.05, 0) is 49.4 Å². The third-order valence-electron chi connectivity index (χ3n) is 5.57. The van der Waals surface area contributed by atoms with Crippen LogP contribution in [0.4, 0.5) is 11.4 Å². The van der Waals surface area contributed by atoms with Gasteiger partial charge in [-0.2, -0.15) is 10.2 Å². The molecule has 0 aliphatic carbocycles. The van der Waals surface area contributed by atoms with Crippen molar-refractivity contribution in [1.29, 1.82) is 0 Å². The summed E-state index contributed by atoms with van der Waals surface area (Å²) in [5.41, 5.74) is 5.99. The van der Waals surface area contributed by atoms with E-state index in [9.17, 15) is 4.79 Å². The molecule has 6 heteroatoms. The average Bonchev–Trinajstić information content (AvgIpc) is 3.19. The molecule has 2 aliphatic heterocycles. The van der Waals surface area contributed by atoms with Crippen LogP contribution < -0.4 is 10.0 Å². The van der Waals surface area contributed by atoms with E-state index < -0.39 is 4.99 Å². The molecule has 0 unspecified atom stereocenters. The minimum atomic E-state index is -0.857. The van der Waals surface area contributed by atoms with E-state index in [1.807, 2.05) is 77.6 Å². The second kappa shape index (κ2) is 7.39. The van der Waals surface area contributed by atoms with Crippen LogP contribution in [0, 0.1) is 6.92 Å². The van der Waals surface area contributed by atoms with Crippen LogP contribution in [0.25, 0.3) is 0 Å². The molecule has 1 spiro atoms. The van der Waals surface area contributed by atoms with Gasteiger partial charge in [0.05, 0.1) is 17.1 Å². The first-order chi connectivity index (χ1) is 15.0. The first-order valence-electron chi connectivity index (χ1n) is 10.2. The Kier molecular flexibility index (Phi) is 4.67. The van der Waals surface area contributed by atoms with E-state index in [4.69, 9.17) is 10.2 Å². The fourth-order valence-corrected chi connectivity index (χ4v) is 5.37. The second-order valence-electron chi connectivity index (χ2n) is 7.65. The van der Waals surface area contributed by atoms with Gasteiger partial charge in [0.2, 0.25) is 4.99 Å². The zero-order valence-electron chi connectivity index (χ0n) is 17.6. The normalized spacial score (nSPS) is 19.8. The second-order valence-corrected chi connectivity index (χ2v) is 8.81. The predicted molar refractivity (Wildman–Crippen MR) is 129 cm³/mol. The highest BCUT2D eigenvalue weighted by molar-refractivity contribution is 8.17. The van der Waals surface area contributed by atoms with Crippen molar-refractivity contribution in [2.24, 2.45) is 10.2 Å². The summed E-state index contributed by atoms with van der Waals surface area (Å²) in [7, 11) is 0. The smallest absolute Gasteiger partial charge is 0.234 e. The van der Waals surface area contributed by atoms with Crippen LogP contribution in [0.2, 0.25) is 0 Å². The van der Waals surface area contributed by atoms with Gasteiger partial charge in [-0.15, -0.1) is 0 Å². The molecule has 3 aromatic carbocycles. The van der Waals surface area contributed by atoms with E-state index in [0.717, 1.165) is 33.8 Å². The third-order valence-corrected chi connectivity index (χ3v) is 6.98. The lowest BCUT2D eigenvalue weighted by Gasteiger charge is -2.47. The van der Waals surface area contributed by atoms with Gasteiger partial charge in [-0.3, -0.25) is 4.79 Å². The monoisotopic (exact) mass is 426 g/mol. The Morgan fingerprint density at radius 2 is 1.52 bits per heavy atom. The number of ketones is 1. The van der Waals surface area contributed by atoms with E-state index in [1.54, 1.807) is 6.92 Å². The van der Waals surface area contributed by atoms with E-state index in [-0.39, 0.29) is 5.78 Å². The zero-order chi connectivity index (χ0) is 21.6. The Balaban J connectivity index is 1.84. The van der Waals surface area contributed by atoms with Crippen LogP contribution >= 0.6 is 11.8 Å². The molecule has 154 valence electrons. The Bertz CT molecular complexity index is 1240. The summed E-state index contributed by atoms with van der Waals surface area (Å²) in [6, 6.07) is 26.4. The number of hydrogen-bond donors (Lipinski definition) is 0. The topological polar surface area (TPSA) is 48.3 Å². The van der Waals surface area contributed by atoms with Gasteiger partial charge in [0.1, 0.15) is 0 Å². The lowest BCUT2D eigenvalue weighted by atomic mass is 9.97. The van der Waals surface area contributed by atoms with Crippen molar-refractivity contribution in [3.63, 3.8) is 0 Å². The fraction of sp³-hybridized carbons (Fsp3) is 0.160. The first kappa shape index (κ1) is 19.6. The summed E-state index contributed by atoms with van der Waals surface area (Å²) in [5.74, 6) is -0.0581. The highest BCUT2D eigenvalue weighted by Gasteiger charge is 2.55. The summed E-state index contributed by atoms with van der Waals surface area (Å²) in [6.45, 7) is 5.65. The van der Waals surface area contributed by atoms with Gasteiger partial charge >= 0.3 is 0 Å². The van der Waals surface area contributed by atoms with Gasteiger partial charge in [0, 0.05) is 18.1 Å².